The van der Waals surface area contributed by atoms with E-state index in [9.17, 15) is 4.79 Å². The fraction of sp³-hybridized carbons (Fsp3) is 0.882. The lowest BCUT2D eigenvalue weighted by Gasteiger charge is -2.37. The first kappa shape index (κ1) is 16.7. The molecule has 3 fully saturated rings. The van der Waals surface area contributed by atoms with Crippen LogP contribution in [0, 0.1) is 0 Å². The Bertz CT molecular complexity index is 444. The number of rotatable bonds is 5. The average molecular weight is 323 g/mol. The van der Waals surface area contributed by atoms with Crippen LogP contribution in [0.25, 0.3) is 0 Å². The zero-order valence-corrected chi connectivity index (χ0v) is 14.4. The van der Waals surface area contributed by atoms with Gasteiger partial charge in [-0.3, -0.25) is 4.79 Å². The van der Waals surface area contributed by atoms with Gasteiger partial charge in [-0.25, -0.2) is 5.01 Å². The summed E-state index contributed by atoms with van der Waals surface area (Å²) in [7, 11) is 0. The molecule has 130 valence electrons. The Balaban J connectivity index is 1.44. The number of ether oxygens (including phenoxy) is 2. The number of carbonyl (C=O) groups excluding carboxylic acids is 1. The molecule has 2 atom stereocenters. The van der Waals surface area contributed by atoms with E-state index in [1.165, 1.54) is 25.7 Å². The van der Waals surface area contributed by atoms with E-state index in [1.54, 1.807) is 5.01 Å². The second-order valence-corrected chi connectivity index (χ2v) is 7.31. The molecule has 6 heteroatoms. The van der Waals surface area contributed by atoms with Crippen LogP contribution in [0.3, 0.4) is 0 Å². The van der Waals surface area contributed by atoms with Crippen LogP contribution in [0.1, 0.15) is 58.8 Å². The van der Waals surface area contributed by atoms with Gasteiger partial charge in [0.2, 0.25) is 5.91 Å². The number of likely N-dealkylation sites (tertiary alicyclic amines) is 1. The first-order valence-electron chi connectivity index (χ1n) is 8.95. The second kappa shape index (κ2) is 7.18. The maximum atomic E-state index is 11.8. The van der Waals surface area contributed by atoms with Gasteiger partial charge in [0.15, 0.2) is 5.79 Å². The van der Waals surface area contributed by atoms with Crippen molar-refractivity contribution in [2.75, 3.05) is 19.7 Å². The number of β-lactam (4-membered cyclic amide) rings is 1. The van der Waals surface area contributed by atoms with Gasteiger partial charge < -0.3 is 14.4 Å². The molecule has 3 aliphatic rings. The SMILES string of the molecule is CC1(C)OCC(CC[C@@H]2CC(=O)N2N=CN2CCCCCC2)O1. The van der Waals surface area contributed by atoms with Crippen molar-refractivity contribution in [1.82, 2.24) is 9.91 Å². The third-order valence-electron chi connectivity index (χ3n) is 4.88. The number of hydrogen-bond donors (Lipinski definition) is 0. The highest BCUT2D eigenvalue weighted by atomic mass is 16.7. The molecule has 0 bridgehead atoms. The fourth-order valence-corrected chi connectivity index (χ4v) is 3.48. The maximum Gasteiger partial charge on any atom is 0.245 e. The molecule has 23 heavy (non-hydrogen) atoms. The van der Waals surface area contributed by atoms with E-state index in [1.807, 2.05) is 20.2 Å². The molecule has 1 unspecified atom stereocenters. The molecule has 0 radical (unpaired) electrons. The van der Waals surface area contributed by atoms with Gasteiger partial charge in [0.25, 0.3) is 0 Å². The van der Waals surface area contributed by atoms with Gasteiger partial charge in [0.05, 0.1) is 25.2 Å². The van der Waals surface area contributed by atoms with Crippen molar-refractivity contribution in [2.45, 2.75) is 76.7 Å². The summed E-state index contributed by atoms with van der Waals surface area (Å²) in [5.41, 5.74) is 0. The van der Waals surface area contributed by atoms with Gasteiger partial charge in [0, 0.05) is 13.1 Å². The Labute approximate surface area is 138 Å². The van der Waals surface area contributed by atoms with E-state index in [4.69, 9.17) is 9.47 Å². The van der Waals surface area contributed by atoms with Crippen LogP contribution in [-0.4, -0.2) is 59.8 Å². The third-order valence-corrected chi connectivity index (χ3v) is 4.88. The molecule has 0 aliphatic carbocycles. The number of carbonyl (C=O) groups is 1. The standard InChI is InChI=1S/C17H29N3O3/c1-17(2)22-12-15(23-17)8-7-14-11-16(21)20(14)18-13-19-9-5-3-4-6-10-19/h13-15H,3-12H2,1-2H3/t14-,15?/m1/s1. The molecule has 3 aliphatic heterocycles. The average Bonchev–Trinajstić information content (AvgIpc) is 2.70. The molecule has 0 aromatic rings. The van der Waals surface area contributed by atoms with Gasteiger partial charge in [-0.1, -0.05) is 12.8 Å². The monoisotopic (exact) mass is 323 g/mol. The van der Waals surface area contributed by atoms with E-state index >= 15 is 0 Å². The van der Waals surface area contributed by atoms with Crippen molar-refractivity contribution in [3.63, 3.8) is 0 Å². The molecule has 0 N–H and O–H groups in total. The van der Waals surface area contributed by atoms with Crippen molar-refractivity contribution in [3.05, 3.63) is 0 Å². The predicted octanol–water partition coefficient (Wildman–Crippen LogP) is 2.34. The molecular weight excluding hydrogens is 294 g/mol. The minimum atomic E-state index is -0.468. The first-order valence-corrected chi connectivity index (χ1v) is 8.95. The Kier molecular flexibility index (Phi) is 5.21. The van der Waals surface area contributed by atoms with E-state index in [-0.39, 0.29) is 18.1 Å². The number of hydrazone groups is 1. The molecule has 1 amide bonds. The third kappa shape index (κ3) is 4.44. The lowest BCUT2D eigenvalue weighted by Crippen LogP contribution is -2.49. The molecule has 0 aromatic carbocycles. The molecule has 3 rings (SSSR count). The maximum absolute atomic E-state index is 11.8. The summed E-state index contributed by atoms with van der Waals surface area (Å²) in [6.07, 6.45) is 9.49. The van der Waals surface area contributed by atoms with Crippen LogP contribution in [0.15, 0.2) is 5.10 Å². The Morgan fingerprint density at radius 2 is 1.96 bits per heavy atom. The van der Waals surface area contributed by atoms with Crippen molar-refractivity contribution in [1.29, 1.82) is 0 Å². The van der Waals surface area contributed by atoms with Crippen LogP contribution in [0.2, 0.25) is 0 Å². The van der Waals surface area contributed by atoms with E-state index in [2.05, 4.69) is 10.0 Å². The Morgan fingerprint density at radius 3 is 2.57 bits per heavy atom. The summed E-state index contributed by atoms with van der Waals surface area (Å²) in [5.74, 6) is -0.338. The lowest BCUT2D eigenvalue weighted by atomic mass is 9.98. The highest BCUT2D eigenvalue weighted by Crippen LogP contribution is 2.29. The quantitative estimate of drug-likeness (QED) is 0.443. The molecule has 3 heterocycles. The van der Waals surface area contributed by atoms with Gasteiger partial charge in [-0.2, -0.15) is 5.10 Å². The fourth-order valence-electron chi connectivity index (χ4n) is 3.48. The number of nitrogens with zero attached hydrogens (tertiary/aromatic N) is 3. The van der Waals surface area contributed by atoms with Crippen LogP contribution in [-0.2, 0) is 14.3 Å². The van der Waals surface area contributed by atoms with Crippen molar-refractivity contribution < 1.29 is 14.3 Å². The van der Waals surface area contributed by atoms with Gasteiger partial charge >= 0.3 is 0 Å². The smallest absolute Gasteiger partial charge is 0.245 e. The molecule has 3 saturated heterocycles. The van der Waals surface area contributed by atoms with Gasteiger partial charge in [-0.15, -0.1) is 0 Å². The topological polar surface area (TPSA) is 54.4 Å². The molecule has 0 saturated carbocycles. The number of amides is 1. The van der Waals surface area contributed by atoms with Crippen LogP contribution in [0.4, 0.5) is 0 Å². The lowest BCUT2D eigenvalue weighted by molar-refractivity contribution is -0.149. The molecular formula is C17H29N3O3. The van der Waals surface area contributed by atoms with Gasteiger partial charge in [-0.05, 0) is 39.5 Å². The second-order valence-electron chi connectivity index (χ2n) is 7.31. The minimum absolute atomic E-state index is 0.130. The van der Waals surface area contributed by atoms with Crippen LogP contribution in [0.5, 0.6) is 0 Å². The summed E-state index contributed by atoms with van der Waals surface area (Å²) >= 11 is 0. The summed E-state index contributed by atoms with van der Waals surface area (Å²) in [6, 6.07) is 0.220. The van der Waals surface area contributed by atoms with Crippen LogP contribution >= 0.6 is 0 Å². The van der Waals surface area contributed by atoms with Crippen molar-refractivity contribution in [3.8, 4) is 0 Å². The van der Waals surface area contributed by atoms with E-state index in [0.29, 0.717) is 13.0 Å². The highest BCUT2D eigenvalue weighted by Gasteiger charge is 2.38. The first-order chi connectivity index (χ1) is 11.0. The summed E-state index contributed by atoms with van der Waals surface area (Å²) in [4.78, 5) is 14.1. The highest BCUT2D eigenvalue weighted by molar-refractivity contribution is 5.83. The molecule has 0 aromatic heterocycles. The summed E-state index contributed by atoms with van der Waals surface area (Å²) in [5, 5.41) is 6.10. The zero-order chi connectivity index (χ0) is 16.3. The molecule has 6 nitrogen and oxygen atoms in total. The largest absolute Gasteiger partial charge is 0.361 e. The number of hydrogen-bond acceptors (Lipinski definition) is 4. The summed E-state index contributed by atoms with van der Waals surface area (Å²) in [6.45, 7) is 6.64. The van der Waals surface area contributed by atoms with Gasteiger partial charge in [0.1, 0.15) is 6.34 Å². The van der Waals surface area contributed by atoms with E-state index in [0.717, 1.165) is 25.9 Å². The van der Waals surface area contributed by atoms with Crippen molar-refractivity contribution >= 4 is 12.2 Å². The minimum Gasteiger partial charge on any atom is -0.361 e. The normalized spacial score (nSPS) is 31.5. The van der Waals surface area contributed by atoms with Crippen molar-refractivity contribution in [2.24, 2.45) is 5.10 Å². The Morgan fingerprint density at radius 1 is 1.22 bits per heavy atom. The van der Waals surface area contributed by atoms with Crippen LogP contribution < -0.4 is 0 Å². The predicted molar refractivity (Wildman–Crippen MR) is 87.9 cm³/mol. The Hall–Kier alpha value is -1.14. The molecule has 0 spiro atoms. The van der Waals surface area contributed by atoms with E-state index < -0.39 is 5.79 Å². The summed E-state index contributed by atoms with van der Waals surface area (Å²) < 4.78 is 11.4. The zero-order valence-electron chi connectivity index (χ0n) is 14.4.